The lowest BCUT2D eigenvalue weighted by atomic mass is 10.0. The molecule has 148 valence electrons. The van der Waals surface area contributed by atoms with Crippen LogP contribution in [0.4, 0.5) is 11.5 Å². The Morgan fingerprint density at radius 2 is 1.86 bits per heavy atom. The summed E-state index contributed by atoms with van der Waals surface area (Å²) < 4.78 is 1.65. The van der Waals surface area contributed by atoms with Gasteiger partial charge in [-0.2, -0.15) is 5.10 Å². The fourth-order valence-electron chi connectivity index (χ4n) is 3.78. The number of fused-ring (bicyclic) bond motifs is 1. The third kappa shape index (κ3) is 3.53. The maximum atomic E-state index is 12.7. The number of nitrogens with zero attached hydrogens (tertiary/aromatic N) is 2. The second-order valence-corrected chi connectivity index (χ2v) is 7.39. The summed E-state index contributed by atoms with van der Waals surface area (Å²) in [6.07, 6.45) is 0.855. The van der Waals surface area contributed by atoms with E-state index in [9.17, 15) is 9.59 Å². The van der Waals surface area contributed by atoms with Crippen LogP contribution in [-0.4, -0.2) is 21.6 Å². The fraction of sp³-hybridized carbons (Fsp3) is 0.261. The zero-order chi connectivity index (χ0) is 20.5. The van der Waals surface area contributed by atoms with E-state index in [0.717, 1.165) is 34.5 Å². The van der Waals surface area contributed by atoms with Crippen molar-refractivity contribution in [3.05, 3.63) is 65.4 Å². The molecule has 2 aromatic carbocycles. The molecule has 1 aliphatic rings. The Morgan fingerprint density at radius 1 is 1.14 bits per heavy atom. The fourth-order valence-corrected chi connectivity index (χ4v) is 3.78. The number of hydrogen-bond acceptors (Lipinski definition) is 3. The van der Waals surface area contributed by atoms with Crippen LogP contribution in [0.3, 0.4) is 0 Å². The van der Waals surface area contributed by atoms with Gasteiger partial charge < -0.3 is 10.6 Å². The summed E-state index contributed by atoms with van der Waals surface area (Å²) in [5.41, 5.74) is 5.74. The molecule has 0 fully saturated rings. The number of aryl methyl sites for hydroxylation is 3. The number of anilines is 2. The lowest BCUT2D eigenvalue weighted by molar-refractivity contribution is -0.123. The highest BCUT2D eigenvalue weighted by molar-refractivity contribution is 6.04. The van der Waals surface area contributed by atoms with Gasteiger partial charge in [0, 0.05) is 11.3 Å². The van der Waals surface area contributed by atoms with E-state index in [4.69, 9.17) is 0 Å². The zero-order valence-electron chi connectivity index (χ0n) is 16.8. The molecule has 0 saturated carbocycles. The number of carbonyl (C=O) groups excluding carboxylic acids is 2. The van der Waals surface area contributed by atoms with Crippen LogP contribution in [-0.2, 0) is 16.0 Å². The van der Waals surface area contributed by atoms with Crippen LogP contribution in [0, 0.1) is 13.8 Å². The summed E-state index contributed by atoms with van der Waals surface area (Å²) in [6, 6.07) is 15.2. The lowest BCUT2D eigenvalue weighted by Crippen LogP contribution is -2.24. The second-order valence-electron chi connectivity index (χ2n) is 7.39. The number of amides is 2. The monoisotopic (exact) mass is 388 g/mol. The van der Waals surface area contributed by atoms with E-state index in [1.165, 1.54) is 5.56 Å². The van der Waals surface area contributed by atoms with Gasteiger partial charge in [-0.25, -0.2) is 4.68 Å². The summed E-state index contributed by atoms with van der Waals surface area (Å²) in [5.74, 6) is 0.242. The van der Waals surface area contributed by atoms with Crippen LogP contribution in [0.5, 0.6) is 0 Å². The van der Waals surface area contributed by atoms with Crippen LogP contribution in [0.25, 0.3) is 11.1 Å². The molecule has 4 rings (SSSR count). The number of nitrogens with one attached hydrogen (secondary N) is 2. The number of carbonyl (C=O) groups is 2. The summed E-state index contributed by atoms with van der Waals surface area (Å²) in [7, 11) is 0. The molecule has 0 aliphatic carbocycles. The largest absolute Gasteiger partial charge is 0.326 e. The molecule has 1 unspecified atom stereocenters. The minimum absolute atomic E-state index is 0.0331. The third-order valence-corrected chi connectivity index (χ3v) is 5.32. The quantitative estimate of drug-likeness (QED) is 0.686. The van der Waals surface area contributed by atoms with Crippen molar-refractivity contribution in [2.75, 3.05) is 10.6 Å². The molecule has 6 heteroatoms. The normalized spacial score (nSPS) is 15.1. The molecule has 1 aliphatic heterocycles. The first-order valence-electron chi connectivity index (χ1n) is 9.82. The SMILES string of the molecule is CCc1ccccc1NC(=O)CC1C(=O)Nc2c(-c3ccc(C)cc3)c(C)nn21. The van der Waals surface area contributed by atoms with Crippen LogP contribution in [0.1, 0.15) is 36.2 Å². The Bertz CT molecular complexity index is 1080. The maximum Gasteiger partial charge on any atom is 0.251 e. The van der Waals surface area contributed by atoms with Gasteiger partial charge in [0.25, 0.3) is 5.91 Å². The summed E-state index contributed by atoms with van der Waals surface area (Å²) in [6.45, 7) is 5.99. The van der Waals surface area contributed by atoms with Crippen molar-refractivity contribution < 1.29 is 9.59 Å². The van der Waals surface area contributed by atoms with Crippen molar-refractivity contribution in [1.29, 1.82) is 0 Å². The summed E-state index contributed by atoms with van der Waals surface area (Å²) in [4.78, 5) is 25.3. The molecule has 2 N–H and O–H groups in total. The van der Waals surface area contributed by atoms with E-state index in [1.54, 1.807) is 4.68 Å². The Balaban J connectivity index is 1.58. The van der Waals surface area contributed by atoms with E-state index in [0.29, 0.717) is 5.82 Å². The Labute approximate surface area is 169 Å². The topological polar surface area (TPSA) is 76.0 Å². The van der Waals surface area contributed by atoms with Crippen molar-refractivity contribution in [1.82, 2.24) is 9.78 Å². The Kier molecular flexibility index (Phi) is 4.92. The predicted octanol–water partition coefficient (Wildman–Crippen LogP) is 4.25. The van der Waals surface area contributed by atoms with Gasteiger partial charge in [0.2, 0.25) is 5.91 Å². The molecule has 0 saturated heterocycles. The van der Waals surface area contributed by atoms with Gasteiger partial charge in [-0.3, -0.25) is 9.59 Å². The molecule has 3 aromatic rings. The van der Waals surface area contributed by atoms with Crippen LogP contribution in [0.2, 0.25) is 0 Å². The molecule has 1 aromatic heterocycles. The molecular formula is C23H24N4O2. The first-order chi connectivity index (χ1) is 14.0. The molecule has 0 bridgehead atoms. The maximum absolute atomic E-state index is 12.7. The van der Waals surface area contributed by atoms with Crippen molar-refractivity contribution in [2.24, 2.45) is 0 Å². The van der Waals surface area contributed by atoms with E-state index in [2.05, 4.69) is 15.7 Å². The van der Waals surface area contributed by atoms with Crippen molar-refractivity contribution in [3.63, 3.8) is 0 Å². The summed E-state index contributed by atoms with van der Waals surface area (Å²) >= 11 is 0. The first kappa shape index (κ1) is 18.9. The standard InChI is InChI=1S/C23H24N4O2/c1-4-16-7-5-6-8-18(16)24-20(28)13-19-23(29)25-22-21(15(3)26-27(19)22)17-11-9-14(2)10-12-17/h5-12,19H,4,13H2,1-3H3,(H,24,28)(H,25,29). The van der Waals surface area contributed by atoms with Gasteiger partial charge in [0.1, 0.15) is 11.9 Å². The number of aromatic nitrogens is 2. The van der Waals surface area contributed by atoms with Crippen LogP contribution >= 0.6 is 0 Å². The molecule has 29 heavy (non-hydrogen) atoms. The number of para-hydroxylation sites is 1. The minimum Gasteiger partial charge on any atom is -0.326 e. The highest BCUT2D eigenvalue weighted by atomic mass is 16.2. The Morgan fingerprint density at radius 3 is 2.59 bits per heavy atom. The first-order valence-corrected chi connectivity index (χ1v) is 9.82. The second kappa shape index (κ2) is 7.54. The third-order valence-electron chi connectivity index (χ3n) is 5.32. The average Bonchev–Trinajstić information content (AvgIpc) is 3.17. The number of hydrogen-bond donors (Lipinski definition) is 2. The van der Waals surface area contributed by atoms with Crippen molar-refractivity contribution >= 4 is 23.3 Å². The van der Waals surface area contributed by atoms with E-state index >= 15 is 0 Å². The highest BCUT2D eigenvalue weighted by Gasteiger charge is 2.36. The van der Waals surface area contributed by atoms with E-state index < -0.39 is 6.04 Å². The number of rotatable bonds is 5. The van der Waals surface area contributed by atoms with Crippen LogP contribution in [0.15, 0.2) is 48.5 Å². The van der Waals surface area contributed by atoms with Gasteiger partial charge >= 0.3 is 0 Å². The minimum atomic E-state index is -0.656. The van der Waals surface area contributed by atoms with Crippen molar-refractivity contribution in [2.45, 2.75) is 39.7 Å². The number of benzene rings is 2. The molecule has 6 nitrogen and oxygen atoms in total. The molecule has 2 heterocycles. The van der Waals surface area contributed by atoms with Gasteiger partial charge in [0.05, 0.1) is 12.1 Å². The Hall–Kier alpha value is -3.41. The summed E-state index contributed by atoms with van der Waals surface area (Å²) in [5, 5.41) is 10.4. The molecule has 2 amide bonds. The van der Waals surface area contributed by atoms with Gasteiger partial charge in [0.15, 0.2) is 0 Å². The van der Waals surface area contributed by atoms with Crippen molar-refractivity contribution in [3.8, 4) is 11.1 Å². The highest BCUT2D eigenvalue weighted by Crippen LogP contribution is 2.38. The lowest BCUT2D eigenvalue weighted by Gasteiger charge is -2.12. The zero-order valence-corrected chi connectivity index (χ0v) is 16.8. The molecular weight excluding hydrogens is 364 g/mol. The smallest absolute Gasteiger partial charge is 0.251 e. The van der Waals surface area contributed by atoms with Gasteiger partial charge in [-0.15, -0.1) is 0 Å². The average molecular weight is 388 g/mol. The molecule has 0 spiro atoms. The molecule has 1 atom stereocenters. The van der Waals surface area contributed by atoms with Crippen LogP contribution < -0.4 is 10.6 Å². The van der Waals surface area contributed by atoms with E-state index in [-0.39, 0.29) is 18.2 Å². The molecule has 0 radical (unpaired) electrons. The van der Waals surface area contributed by atoms with E-state index in [1.807, 2.05) is 69.3 Å². The van der Waals surface area contributed by atoms with Gasteiger partial charge in [-0.05, 0) is 37.5 Å². The predicted molar refractivity (Wildman–Crippen MR) is 114 cm³/mol. The van der Waals surface area contributed by atoms with Gasteiger partial charge in [-0.1, -0.05) is 55.0 Å².